The number of carbonyl (C=O) groups is 5. The summed E-state index contributed by atoms with van der Waals surface area (Å²) in [7, 11) is 1.43. The van der Waals surface area contributed by atoms with Crippen molar-refractivity contribution >= 4 is 53.8 Å². The molecule has 1 aromatic carbocycles. The van der Waals surface area contributed by atoms with Gasteiger partial charge in [-0.1, -0.05) is 36.4 Å². The highest BCUT2D eigenvalue weighted by Gasteiger charge is 2.61. The number of hydrogen-bond acceptors (Lipinski definition) is 9. The maximum absolute atomic E-state index is 14.0. The third-order valence-electron chi connectivity index (χ3n) is 10.7. The number of halogens is 1. The van der Waals surface area contributed by atoms with Gasteiger partial charge in [0.2, 0.25) is 23.6 Å². The summed E-state index contributed by atoms with van der Waals surface area (Å²) in [6.07, 6.45) is 16.3. The van der Waals surface area contributed by atoms with Crippen LogP contribution in [0.3, 0.4) is 0 Å². The number of benzene rings is 1. The van der Waals surface area contributed by atoms with Crippen molar-refractivity contribution in [2.24, 2.45) is 28.9 Å². The van der Waals surface area contributed by atoms with Gasteiger partial charge in [0.1, 0.15) is 17.8 Å². The number of aromatic hydroxyl groups is 1. The maximum Gasteiger partial charge on any atom is 0.311 e. The Morgan fingerprint density at radius 3 is 2.31 bits per heavy atom. The molecule has 280 valence electrons. The fourth-order valence-electron chi connectivity index (χ4n) is 8.85. The molecular weight excluding hydrogens is 694 g/mol. The fourth-order valence-corrected chi connectivity index (χ4v) is 9.32. The molecule has 0 aliphatic heterocycles. The first-order valence-corrected chi connectivity index (χ1v) is 19.0. The molecule has 4 saturated carbocycles. The monoisotopic (exact) mass is 745 g/mol. The number of nitrogens with two attached hydrogens (primary N) is 1. The van der Waals surface area contributed by atoms with Crippen LogP contribution in [0.1, 0.15) is 63.4 Å². The van der Waals surface area contributed by atoms with Crippen LogP contribution in [0.2, 0.25) is 0 Å². The zero-order chi connectivity index (χ0) is 35.9. The van der Waals surface area contributed by atoms with Gasteiger partial charge in [0, 0.05) is 5.54 Å². The number of methoxy groups -OCH3 is 1. The van der Waals surface area contributed by atoms with E-state index < -0.39 is 46.8 Å². The van der Waals surface area contributed by atoms with Crippen molar-refractivity contribution in [3.8, 4) is 5.75 Å². The minimum Gasteiger partial charge on any atom is -0.508 e. The number of thioether (sulfide) groups is 1. The molecule has 5 aliphatic rings. The topological polar surface area (TPSA) is 189 Å². The smallest absolute Gasteiger partial charge is 0.311 e. The number of hydrogen-bond donors (Lipinski definition) is 6. The number of rotatable bonds is 16. The predicted octanol–water partition coefficient (Wildman–Crippen LogP) is 2.67. The highest BCUT2D eigenvalue weighted by atomic mass is 35.5. The molecule has 0 radical (unpaired) electrons. The Morgan fingerprint density at radius 2 is 1.69 bits per heavy atom. The average molecular weight is 746 g/mol. The zero-order valence-corrected chi connectivity index (χ0v) is 31.0. The number of phenolic OH excluding ortho intramolecular Hbond substituents is 1. The first-order chi connectivity index (χ1) is 23.9. The normalized spacial score (nSPS) is 27.3. The highest BCUT2D eigenvalue weighted by molar-refractivity contribution is 7.98. The molecule has 12 nitrogen and oxygen atoms in total. The number of carbonyl (C=O) groups excluding carboxylic acids is 5. The summed E-state index contributed by atoms with van der Waals surface area (Å²) in [5, 5.41) is 21.1. The molecule has 5 aliphatic carbocycles. The van der Waals surface area contributed by atoms with Gasteiger partial charge in [-0.2, -0.15) is 11.8 Å². The van der Waals surface area contributed by atoms with Crippen LogP contribution in [-0.2, 0) is 35.1 Å². The Hall–Kier alpha value is -3.55. The lowest BCUT2D eigenvalue weighted by atomic mass is 9.47. The van der Waals surface area contributed by atoms with E-state index in [2.05, 4.69) is 21.3 Å². The lowest BCUT2D eigenvalue weighted by Gasteiger charge is -2.61. The van der Waals surface area contributed by atoms with Crippen LogP contribution in [0.4, 0.5) is 0 Å². The molecule has 14 heteroatoms. The van der Waals surface area contributed by atoms with Crippen molar-refractivity contribution < 1.29 is 33.8 Å². The zero-order valence-electron chi connectivity index (χ0n) is 29.4. The Balaban J connectivity index is 0.00000583. The predicted molar refractivity (Wildman–Crippen MR) is 198 cm³/mol. The summed E-state index contributed by atoms with van der Waals surface area (Å²) in [4.78, 5) is 66.5. The van der Waals surface area contributed by atoms with Gasteiger partial charge in [-0.05, 0) is 112 Å². The summed E-state index contributed by atoms with van der Waals surface area (Å²) in [6.45, 7) is -0.380. The number of allylic oxidation sites excluding steroid dienone is 4. The van der Waals surface area contributed by atoms with Crippen molar-refractivity contribution in [2.75, 3.05) is 25.7 Å². The van der Waals surface area contributed by atoms with E-state index in [0.29, 0.717) is 36.9 Å². The van der Waals surface area contributed by atoms with E-state index in [-0.39, 0.29) is 48.9 Å². The molecule has 1 aromatic rings. The molecule has 4 amide bonds. The third-order valence-corrected chi connectivity index (χ3v) is 11.4. The number of amides is 4. The van der Waals surface area contributed by atoms with E-state index >= 15 is 0 Å². The Bertz CT molecular complexity index is 1470. The molecule has 0 aromatic heterocycles. The van der Waals surface area contributed by atoms with Gasteiger partial charge >= 0.3 is 5.97 Å². The van der Waals surface area contributed by atoms with Crippen LogP contribution in [0.5, 0.6) is 5.75 Å². The molecule has 6 atom stereocenters. The van der Waals surface area contributed by atoms with Crippen molar-refractivity contribution in [1.82, 2.24) is 21.3 Å². The second kappa shape index (κ2) is 17.8. The molecule has 0 saturated heterocycles. The first-order valence-electron chi connectivity index (χ1n) is 17.6. The van der Waals surface area contributed by atoms with Gasteiger partial charge in [0.05, 0.1) is 25.1 Å². The number of esters is 1. The lowest BCUT2D eigenvalue weighted by molar-refractivity contribution is -0.173. The second-order valence-electron chi connectivity index (χ2n) is 14.7. The molecule has 51 heavy (non-hydrogen) atoms. The number of ether oxygens (including phenoxy) is 1. The molecule has 4 fully saturated rings. The van der Waals surface area contributed by atoms with Crippen molar-refractivity contribution in [2.45, 2.75) is 87.9 Å². The lowest BCUT2D eigenvalue weighted by Crippen LogP contribution is -2.66. The van der Waals surface area contributed by atoms with Gasteiger partial charge in [0.15, 0.2) is 0 Å². The largest absolute Gasteiger partial charge is 0.508 e. The third kappa shape index (κ3) is 10.3. The second-order valence-corrected chi connectivity index (χ2v) is 15.7. The molecular formula is C37H52ClN5O7S. The number of nitrogens with one attached hydrogen (secondary N) is 4. The molecule has 6 rings (SSSR count). The van der Waals surface area contributed by atoms with Gasteiger partial charge in [-0.25, -0.2) is 0 Å². The molecule has 4 bridgehead atoms. The fraction of sp³-hybridized carbons (Fsp3) is 0.595. The van der Waals surface area contributed by atoms with Gasteiger partial charge in [-0.3, -0.25) is 24.0 Å². The SMILES string of the molecule is COC(=O)C12CC3CC(CC(NC(=O)[C@H](CC4C=CC=CC4)NC(=O)CNC(=O)[C@@H](CCSC)NC(=O)[C@@H](N)Cc4ccc(O)cc4)(C3)C1)C2.Cl. The Kier molecular flexibility index (Phi) is 14.0. The van der Waals surface area contributed by atoms with E-state index in [1.807, 2.05) is 30.6 Å². The quantitative estimate of drug-likeness (QED) is 0.138. The van der Waals surface area contributed by atoms with E-state index in [9.17, 15) is 29.1 Å². The van der Waals surface area contributed by atoms with Gasteiger partial charge in [0.25, 0.3) is 0 Å². The summed E-state index contributed by atoms with van der Waals surface area (Å²) >= 11 is 1.52. The van der Waals surface area contributed by atoms with Gasteiger partial charge in [-0.15, -0.1) is 12.4 Å². The summed E-state index contributed by atoms with van der Waals surface area (Å²) in [6, 6.07) is 3.69. The highest BCUT2D eigenvalue weighted by Crippen LogP contribution is 2.62. The molecule has 7 N–H and O–H groups in total. The molecule has 0 spiro atoms. The maximum atomic E-state index is 14.0. The van der Waals surface area contributed by atoms with Crippen LogP contribution in [0.15, 0.2) is 48.6 Å². The van der Waals surface area contributed by atoms with E-state index in [4.69, 9.17) is 10.5 Å². The summed E-state index contributed by atoms with van der Waals surface area (Å²) in [5.41, 5.74) is 5.79. The van der Waals surface area contributed by atoms with Crippen LogP contribution < -0.4 is 27.0 Å². The van der Waals surface area contributed by atoms with Crippen molar-refractivity contribution in [3.05, 3.63) is 54.1 Å². The van der Waals surface area contributed by atoms with E-state index in [0.717, 1.165) is 44.1 Å². The minimum absolute atomic E-state index is 0. The molecule has 0 heterocycles. The Morgan fingerprint density at radius 1 is 0.980 bits per heavy atom. The average Bonchev–Trinajstić information content (AvgIpc) is 3.08. The summed E-state index contributed by atoms with van der Waals surface area (Å²) < 4.78 is 5.24. The minimum atomic E-state index is -0.924. The van der Waals surface area contributed by atoms with E-state index in [1.54, 1.807) is 12.1 Å². The van der Waals surface area contributed by atoms with E-state index in [1.165, 1.54) is 31.0 Å². The van der Waals surface area contributed by atoms with Crippen LogP contribution in [0.25, 0.3) is 0 Å². The van der Waals surface area contributed by atoms with Crippen LogP contribution in [0, 0.1) is 23.2 Å². The Labute approximate surface area is 310 Å². The molecule has 3 unspecified atom stereocenters. The van der Waals surface area contributed by atoms with Crippen molar-refractivity contribution in [3.63, 3.8) is 0 Å². The first kappa shape index (κ1) is 40.2. The van der Waals surface area contributed by atoms with Crippen molar-refractivity contribution in [1.29, 1.82) is 0 Å². The van der Waals surface area contributed by atoms with Gasteiger partial charge < -0.3 is 36.8 Å². The number of phenols is 1. The standard InChI is InChI=1S/C37H51N5O7S.ClH/c1-49-35(48)36-17-25-14-26(18-36)20-37(19-25,22-36)42-34(47)30(16-23-6-4-3-5-7-23)40-31(44)21-39-33(46)29(12-13-50-2)41-32(45)28(38)15-24-8-10-27(43)11-9-24;/h3-6,8-11,23,25-26,28-30,43H,7,12-22,38H2,1-2H3,(H,39,46)(H,40,44)(H,41,45)(H,42,47);1H/t23?,25?,26?,28-,29+,30-,36?,37?;/m0./s1. The summed E-state index contributed by atoms with van der Waals surface area (Å²) in [5.74, 6) is -0.626. The van der Waals surface area contributed by atoms with Crippen LogP contribution in [-0.4, -0.2) is 84.0 Å². The van der Waals surface area contributed by atoms with Crippen LogP contribution >= 0.6 is 24.2 Å².